The highest BCUT2D eigenvalue weighted by Gasteiger charge is 2.50. The molecule has 1 fully saturated rings. The highest BCUT2D eigenvalue weighted by Crippen LogP contribution is 2.49. The van der Waals surface area contributed by atoms with Gasteiger partial charge in [0.05, 0.1) is 6.61 Å². The molecule has 17 heavy (non-hydrogen) atoms. The first-order valence-electron chi connectivity index (χ1n) is 5.91. The predicted octanol–water partition coefficient (Wildman–Crippen LogP) is 3.44. The first-order valence-corrected chi connectivity index (χ1v) is 5.91. The fourth-order valence-corrected chi connectivity index (χ4v) is 2.73. The molecule has 1 saturated heterocycles. The van der Waals surface area contributed by atoms with Gasteiger partial charge in [0.25, 0.3) is 0 Å². The molecule has 0 atom stereocenters. The van der Waals surface area contributed by atoms with Gasteiger partial charge in [-0.25, -0.2) is 0 Å². The third-order valence-corrected chi connectivity index (χ3v) is 3.67. The second-order valence-electron chi connectivity index (χ2n) is 4.62. The zero-order valence-electron chi connectivity index (χ0n) is 9.39. The Bertz CT molecular complexity index is 569. The van der Waals surface area contributed by atoms with Gasteiger partial charge in [0.15, 0.2) is 0 Å². The van der Waals surface area contributed by atoms with Gasteiger partial charge in [-0.15, -0.1) is 0 Å². The SMILES string of the molecule is C1=Cc2ccccc2C2(CO2)c2ccccc21. The monoisotopic (exact) mass is 220 g/mol. The van der Waals surface area contributed by atoms with Crippen molar-refractivity contribution in [2.24, 2.45) is 0 Å². The molecular formula is C16H12O. The molecule has 0 amide bonds. The average Bonchev–Trinajstić information content (AvgIpc) is 3.19. The minimum atomic E-state index is -0.184. The molecule has 4 rings (SSSR count). The van der Waals surface area contributed by atoms with Gasteiger partial charge in [0, 0.05) is 0 Å². The van der Waals surface area contributed by atoms with E-state index in [0.29, 0.717) is 0 Å². The van der Waals surface area contributed by atoms with Crippen LogP contribution in [0.2, 0.25) is 0 Å². The summed E-state index contributed by atoms with van der Waals surface area (Å²) in [4.78, 5) is 0. The minimum Gasteiger partial charge on any atom is -0.359 e. The number of hydrogen-bond donors (Lipinski definition) is 0. The summed E-state index contributed by atoms with van der Waals surface area (Å²) in [7, 11) is 0. The molecule has 82 valence electrons. The Kier molecular flexibility index (Phi) is 1.67. The molecule has 1 heterocycles. The molecule has 1 aliphatic heterocycles. The van der Waals surface area contributed by atoms with Gasteiger partial charge in [-0.2, -0.15) is 0 Å². The van der Waals surface area contributed by atoms with Crippen molar-refractivity contribution in [3.63, 3.8) is 0 Å². The minimum absolute atomic E-state index is 0.184. The van der Waals surface area contributed by atoms with Crippen molar-refractivity contribution in [3.8, 4) is 0 Å². The van der Waals surface area contributed by atoms with Crippen molar-refractivity contribution in [2.45, 2.75) is 5.60 Å². The van der Waals surface area contributed by atoms with Crippen LogP contribution >= 0.6 is 0 Å². The molecule has 0 N–H and O–H groups in total. The third kappa shape index (κ3) is 1.17. The van der Waals surface area contributed by atoms with E-state index >= 15 is 0 Å². The molecule has 1 spiro atoms. The Morgan fingerprint density at radius 3 is 1.71 bits per heavy atom. The first-order chi connectivity index (χ1) is 8.40. The lowest BCUT2D eigenvalue weighted by Crippen LogP contribution is -2.12. The second kappa shape index (κ2) is 3.08. The van der Waals surface area contributed by atoms with Gasteiger partial charge in [-0.3, -0.25) is 0 Å². The Labute approximate surface area is 100 Å². The summed E-state index contributed by atoms with van der Waals surface area (Å²) in [6, 6.07) is 17.0. The van der Waals surface area contributed by atoms with E-state index in [2.05, 4.69) is 60.7 Å². The number of fused-ring (bicyclic) bond motifs is 4. The summed E-state index contributed by atoms with van der Waals surface area (Å²) in [6.07, 6.45) is 4.37. The average molecular weight is 220 g/mol. The van der Waals surface area contributed by atoms with Crippen molar-refractivity contribution >= 4 is 12.2 Å². The number of benzene rings is 2. The third-order valence-electron chi connectivity index (χ3n) is 3.67. The van der Waals surface area contributed by atoms with Gasteiger partial charge in [0.2, 0.25) is 0 Å². The van der Waals surface area contributed by atoms with E-state index in [1.54, 1.807) is 0 Å². The van der Waals surface area contributed by atoms with Crippen LogP contribution < -0.4 is 0 Å². The Hall–Kier alpha value is -1.86. The van der Waals surface area contributed by atoms with E-state index in [4.69, 9.17) is 4.74 Å². The van der Waals surface area contributed by atoms with E-state index in [9.17, 15) is 0 Å². The first kappa shape index (κ1) is 9.20. The fourth-order valence-electron chi connectivity index (χ4n) is 2.73. The summed E-state index contributed by atoms with van der Waals surface area (Å²) in [5.74, 6) is 0. The van der Waals surface area contributed by atoms with E-state index in [0.717, 1.165) is 6.61 Å². The Balaban J connectivity index is 2.06. The zero-order chi connectivity index (χ0) is 11.3. The maximum absolute atomic E-state index is 5.83. The van der Waals surface area contributed by atoms with Crippen LogP contribution in [-0.2, 0) is 10.3 Å². The predicted molar refractivity (Wildman–Crippen MR) is 68.5 cm³/mol. The zero-order valence-corrected chi connectivity index (χ0v) is 9.39. The van der Waals surface area contributed by atoms with Gasteiger partial charge in [-0.05, 0) is 22.3 Å². The molecule has 1 heteroatoms. The van der Waals surface area contributed by atoms with Crippen LogP contribution in [0.25, 0.3) is 12.2 Å². The topological polar surface area (TPSA) is 12.5 Å². The molecule has 0 radical (unpaired) electrons. The summed E-state index contributed by atoms with van der Waals surface area (Å²) in [5.41, 5.74) is 4.93. The van der Waals surface area contributed by atoms with Crippen molar-refractivity contribution in [3.05, 3.63) is 70.8 Å². The van der Waals surface area contributed by atoms with Crippen LogP contribution in [0.4, 0.5) is 0 Å². The van der Waals surface area contributed by atoms with Crippen LogP contribution in [-0.4, -0.2) is 6.61 Å². The van der Waals surface area contributed by atoms with E-state index in [-0.39, 0.29) is 5.60 Å². The summed E-state index contributed by atoms with van der Waals surface area (Å²) >= 11 is 0. The van der Waals surface area contributed by atoms with E-state index < -0.39 is 0 Å². The summed E-state index contributed by atoms with van der Waals surface area (Å²) < 4.78 is 5.83. The maximum Gasteiger partial charge on any atom is 0.143 e. The van der Waals surface area contributed by atoms with E-state index in [1.165, 1.54) is 22.3 Å². The molecule has 1 nitrogen and oxygen atoms in total. The van der Waals surface area contributed by atoms with Crippen molar-refractivity contribution in [1.29, 1.82) is 0 Å². The number of ether oxygens (including phenoxy) is 1. The fraction of sp³-hybridized carbons (Fsp3) is 0.125. The molecule has 0 unspecified atom stereocenters. The highest BCUT2D eigenvalue weighted by atomic mass is 16.6. The van der Waals surface area contributed by atoms with Gasteiger partial charge in [0.1, 0.15) is 5.60 Å². The van der Waals surface area contributed by atoms with E-state index in [1.807, 2.05) is 0 Å². The molecule has 0 saturated carbocycles. The van der Waals surface area contributed by atoms with Crippen molar-refractivity contribution in [1.82, 2.24) is 0 Å². The van der Waals surface area contributed by atoms with Crippen LogP contribution in [0.3, 0.4) is 0 Å². The molecule has 2 aromatic carbocycles. The standard InChI is InChI=1S/C16H12O/c1-3-7-14-12(5-1)9-10-13-6-2-4-8-15(13)16(14)11-17-16/h1-10H,11H2. The van der Waals surface area contributed by atoms with Crippen LogP contribution in [0, 0.1) is 0 Å². The second-order valence-corrected chi connectivity index (χ2v) is 4.62. The van der Waals surface area contributed by atoms with Crippen molar-refractivity contribution in [2.75, 3.05) is 6.61 Å². The Morgan fingerprint density at radius 1 is 0.765 bits per heavy atom. The maximum atomic E-state index is 5.83. The molecule has 2 aliphatic rings. The van der Waals surface area contributed by atoms with Gasteiger partial charge in [-0.1, -0.05) is 60.7 Å². The largest absolute Gasteiger partial charge is 0.359 e. The van der Waals surface area contributed by atoms with Gasteiger partial charge < -0.3 is 4.74 Å². The normalized spacial score (nSPS) is 18.4. The van der Waals surface area contributed by atoms with Gasteiger partial charge >= 0.3 is 0 Å². The lowest BCUT2D eigenvalue weighted by atomic mass is 9.88. The molecule has 0 bridgehead atoms. The molecule has 2 aromatic rings. The smallest absolute Gasteiger partial charge is 0.143 e. The quantitative estimate of drug-likeness (QED) is 0.619. The number of hydrogen-bond acceptors (Lipinski definition) is 1. The summed E-state index contributed by atoms with van der Waals surface area (Å²) in [5, 5.41) is 0. The number of epoxide rings is 1. The number of rotatable bonds is 0. The van der Waals surface area contributed by atoms with Crippen molar-refractivity contribution < 1.29 is 4.74 Å². The highest BCUT2D eigenvalue weighted by molar-refractivity contribution is 5.78. The van der Waals surface area contributed by atoms with Crippen LogP contribution in [0.15, 0.2) is 48.5 Å². The molecule has 1 aliphatic carbocycles. The van der Waals surface area contributed by atoms with Crippen LogP contribution in [0.1, 0.15) is 22.3 Å². The van der Waals surface area contributed by atoms with Crippen LogP contribution in [0.5, 0.6) is 0 Å². The Morgan fingerprint density at radius 2 is 1.24 bits per heavy atom. The molecule has 0 aromatic heterocycles. The summed E-state index contributed by atoms with van der Waals surface area (Å²) in [6.45, 7) is 0.794. The lowest BCUT2D eigenvalue weighted by molar-refractivity contribution is 0.349. The lowest BCUT2D eigenvalue weighted by Gasteiger charge is -2.15. The molecular weight excluding hydrogens is 208 g/mol.